The summed E-state index contributed by atoms with van der Waals surface area (Å²) in [6.45, 7) is 5.16. The summed E-state index contributed by atoms with van der Waals surface area (Å²) in [6.07, 6.45) is 1.45. The molecule has 0 radical (unpaired) electrons. The summed E-state index contributed by atoms with van der Waals surface area (Å²) in [5.74, 6) is -0.954. The molecule has 6 heteroatoms. The largest absolute Gasteiger partial charge is 0.458 e. The van der Waals surface area contributed by atoms with Crippen molar-refractivity contribution < 1.29 is 18.7 Å². The molecular formula is C15H15FN2O3. The molecule has 1 aliphatic heterocycles. The average molecular weight is 290 g/mol. The van der Waals surface area contributed by atoms with Crippen molar-refractivity contribution in [2.75, 3.05) is 6.61 Å². The first-order valence-corrected chi connectivity index (χ1v) is 6.34. The van der Waals surface area contributed by atoms with E-state index in [0.29, 0.717) is 11.3 Å². The van der Waals surface area contributed by atoms with E-state index in [2.05, 4.69) is 17.2 Å². The number of esters is 1. The number of hydrogen-bond donors (Lipinski definition) is 2. The quantitative estimate of drug-likeness (QED) is 0.660. The molecule has 2 N–H and O–H groups in total. The van der Waals surface area contributed by atoms with E-state index in [-0.39, 0.29) is 12.2 Å². The zero-order chi connectivity index (χ0) is 15.4. The van der Waals surface area contributed by atoms with E-state index in [9.17, 15) is 14.0 Å². The molecule has 0 spiro atoms. The lowest BCUT2D eigenvalue weighted by atomic mass is 9.95. The molecule has 1 atom stereocenters. The van der Waals surface area contributed by atoms with Crippen molar-refractivity contribution in [3.8, 4) is 0 Å². The maximum Gasteiger partial charge on any atom is 0.338 e. The van der Waals surface area contributed by atoms with Crippen molar-refractivity contribution in [1.29, 1.82) is 0 Å². The Hall–Kier alpha value is -2.63. The van der Waals surface area contributed by atoms with Crippen LogP contribution in [0.3, 0.4) is 0 Å². The van der Waals surface area contributed by atoms with Gasteiger partial charge in [-0.3, -0.25) is 0 Å². The summed E-state index contributed by atoms with van der Waals surface area (Å²) < 4.78 is 18.0. The third-order valence-electron chi connectivity index (χ3n) is 3.02. The summed E-state index contributed by atoms with van der Waals surface area (Å²) in [7, 11) is 0. The standard InChI is InChI=1S/C15H15FN2O3/c1-3-8-21-14(19)12-9(2)17-15(20)18-13(12)10-4-6-11(16)7-5-10/h3-7,13H,1,8H2,2H3,(H2,17,18,20)/t13-/m1/s1. The molecule has 2 rings (SSSR count). The van der Waals surface area contributed by atoms with Crippen LogP contribution in [0, 0.1) is 5.82 Å². The fourth-order valence-corrected chi connectivity index (χ4v) is 2.08. The number of nitrogens with one attached hydrogen (secondary N) is 2. The molecule has 0 bridgehead atoms. The number of urea groups is 1. The van der Waals surface area contributed by atoms with E-state index >= 15 is 0 Å². The molecule has 21 heavy (non-hydrogen) atoms. The topological polar surface area (TPSA) is 67.4 Å². The fraction of sp³-hybridized carbons (Fsp3) is 0.200. The van der Waals surface area contributed by atoms with Crippen LogP contribution >= 0.6 is 0 Å². The predicted molar refractivity (Wildman–Crippen MR) is 74.7 cm³/mol. The second-order valence-corrected chi connectivity index (χ2v) is 4.51. The number of halogens is 1. The average Bonchev–Trinajstić information content (AvgIpc) is 2.44. The smallest absolute Gasteiger partial charge is 0.338 e. The van der Waals surface area contributed by atoms with Gasteiger partial charge in [-0.15, -0.1) is 0 Å². The molecule has 1 aromatic carbocycles. The first-order valence-electron chi connectivity index (χ1n) is 6.34. The van der Waals surface area contributed by atoms with Gasteiger partial charge in [0, 0.05) is 5.70 Å². The number of hydrogen-bond acceptors (Lipinski definition) is 3. The highest BCUT2D eigenvalue weighted by Gasteiger charge is 2.31. The Bertz CT molecular complexity index is 608. The predicted octanol–water partition coefficient (Wildman–Crippen LogP) is 2.18. The Labute approximate surface area is 121 Å². The minimum atomic E-state index is -0.684. The molecule has 0 unspecified atom stereocenters. The normalized spacial score (nSPS) is 17.8. The Kier molecular flexibility index (Phi) is 4.37. The molecule has 2 amide bonds. The molecule has 0 saturated heterocycles. The molecular weight excluding hydrogens is 275 g/mol. The maximum atomic E-state index is 13.0. The van der Waals surface area contributed by atoms with Gasteiger partial charge in [0.25, 0.3) is 0 Å². The highest BCUT2D eigenvalue weighted by atomic mass is 19.1. The van der Waals surface area contributed by atoms with E-state index in [1.54, 1.807) is 6.92 Å². The number of benzene rings is 1. The summed E-state index contributed by atoms with van der Waals surface area (Å²) in [6, 6.07) is 4.45. The van der Waals surface area contributed by atoms with Crippen molar-refractivity contribution in [1.82, 2.24) is 10.6 Å². The van der Waals surface area contributed by atoms with Crippen LogP contribution in [-0.4, -0.2) is 18.6 Å². The number of carbonyl (C=O) groups excluding carboxylic acids is 2. The third kappa shape index (κ3) is 3.28. The summed E-state index contributed by atoms with van der Waals surface area (Å²) in [5, 5.41) is 5.16. The van der Waals surface area contributed by atoms with Crippen LogP contribution in [0.1, 0.15) is 18.5 Å². The van der Waals surface area contributed by atoms with Gasteiger partial charge in [0.15, 0.2) is 0 Å². The van der Waals surface area contributed by atoms with Crippen molar-refractivity contribution in [2.24, 2.45) is 0 Å². The van der Waals surface area contributed by atoms with Crippen LogP contribution < -0.4 is 10.6 Å². The van der Waals surface area contributed by atoms with Crippen LogP contribution in [0.25, 0.3) is 0 Å². The zero-order valence-corrected chi connectivity index (χ0v) is 11.5. The highest BCUT2D eigenvalue weighted by molar-refractivity contribution is 5.95. The van der Waals surface area contributed by atoms with Crippen molar-refractivity contribution >= 4 is 12.0 Å². The molecule has 1 heterocycles. The molecule has 1 aromatic rings. The van der Waals surface area contributed by atoms with Gasteiger partial charge in [-0.05, 0) is 24.6 Å². The van der Waals surface area contributed by atoms with Gasteiger partial charge in [0.05, 0.1) is 11.6 Å². The van der Waals surface area contributed by atoms with Gasteiger partial charge in [0.2, 0.25) is 0 Å². The van der Waals surface area contributed by atoms with E-state index in [1.807, 2.05) is 0 Å². The van der Waals surface area contributed by atoms with E-state index in [0.717, 1.165) is 0 Å². The third-order valence-corrected chi connectivity index (χ3v) is 3.02. The van der Waals surface area contributed by atoms with Crippen LogP contribution in [-0.2, 0) is 9.53 Å². The SMILES string of the molecule is C=CCOC(=O)C1=C(C)NC(=O)N[C@@H]1c1ccc(F)cc1. The fourth-order valence-electron chi connectivity index (χ4n) is 2.08. The zero-order valence-electron chi connectivity index (χ0n) is 11.5. The van der Waals surface area contributed by atoms with Crippen LogP contribution in [0.4, 0.5) is 9.18 Å². The molecule has 110 valence electrons. The first-order chi connectivity index (χ1) is 10.0. The Balaban J connectivity index is 2.37. The van der Waals surface area contributed by atoms with Crippen molar-refractivity contribution in [3.05, 3.63) is 59.6 Å². The van der Waals surface area contributed by atoms with Crippen molar-refractivity contribution in [2.45, 2.75) is 13.0 Å². The molecule has 5 nitrogen and oxygen atoms in total. The van der Waals surface area contributed by atoms with E-state index < -0.39 is 23.9 Å². The van der Waals surface area contributed by atoms with Crippen LogP contribution in [0.15, 0.2) is 48.2 Å². The van der Waals surface area contributed by atoms with Gasteiger partial charge >= 0.3 is 12.0 Å². The molecule has 0 aliphatic carbocycles. The minimum absolute atomic E-state index is 0.0691. The van der Waals surface area contributed by atoms with Crippen molar-refractivity contribution in [3.63, 3.8) is 0 Å². The van der Waals surface area contributed by atoms with Gasteiger partial charge in [-0.25, -0.2) is 14.0 Å². The number of allylic oxidation sites excluding steroid dienone is 1. The summed E-state index contributed by atoms with van der Waals surface area (Å²) in [4.78, 5) is 23.7. The Morgan fingerprint density at radius 3 is 2.71 bits per heavy atom. The maximum absolute atomic E-state index is 13.0. The molecule has 0 fully saturated rings. The summed E-state index contributed by atoms with van der Waals surface area (Å²) >= 11 is 0. The minimum Gasteiger partial charge on any atom is -0.458 e. The molecule has 0 aromatic heterocycles. The second kappa shape index (κ2) is 6.21. The Morgan fingerprint density at radius 1 is 1.43 bits per heavy atom. The lowest BCUT2D eigenvalue weighted by molar-refractivity contribution is -0.138. The molecule has 1 aliphatic rings. The number of carbonyl (C=O) groups is 2. The number of amides is 2. The van der Waals surface area contributed by atoms with Crippen LogP contribution in [0.2, 0.25) is 0 Å². The number of ether oxygens (including phenoxy) is 1. The van der Waals surface area contributed by atoms with E-state index in [1.165, 1.54) is 30.3 Å². The van der Waals surface area contributed by atoms with Gasteiger partial charge < -0.3 is 15.4 Å². The lowest BCUT2D eigenvalue weighted by Gasteiger charge is -2.28. The molecule has 0 saturated carbocycles. The van der Waals surface area contributed by atoms with Gasteiger partial charge in [0.1, 0.15) is 12.4 Å². The number of rotatable bonds is 4. The van der Waals surface area contributed by atoms with Gasteiger partial charge in [-0.1, -0.05) is 24.8 Å². The Morgan fingerprint density at radius 2 is 2.10 bits per heavy atom. The second-order valence-electron chi connectivity index (χ2n) is 4.51. The van der Waals surface area contributed by atoms with Gasteiger partial charge in [-0.2, -0.15) is 0 Å². The first kappa shape index (κ1) is 14.8. The van der Waals surface area contributed by atoms with Crippen LogP contribution in [0.5, 0.6) is 0 Å². The summed E-state index contributed by atoms with van der Waals surface area (Å²) in [5.41, 5.74) is 1.28. The highest BCUT2D eigenvalue weighted by Crippen LogP contribution is 2.27. The lowest BCUT2D eigenvalue weighted by Crippen LogP contribution is -2.45. The monoisotopic (exact) mass is 290 g/mol. The van der Waals surface area contributed by atoms with E-state index in [4.69, 9.17) is 4.74 Å².